The molecule has 0 saturated carbocycles. The number of hydrogen-bond acceptors (Lipinski definition) is 4. The fraction of sp³-hybridized carbons (Fsp3) is 0.500. The lowest BCUT2D eigenvalue weighted by Gasteiger charge is -2.15. The molecule has 0 radical (unpaired) electrons. The van der Waals surface area contributed by atoms with E-state index >= 15 is 0 Å². The standard InChI is InChI=1S/C14H19N5O/c1-19-13-6-5-10(8-12(13)17-18-19)9-16-11-4-2-3-7-15-14(11)20/h5-6,8,11,16H,2-4,7,9H2,1H3,(H,15,20)/t11-/m1/s1. The van der Waals surface area contributed by atoms with Crippen molar-refractivity contribution in [3.8, 4) is 0 Å². The van der Waals surface area contributed by atoms with E-state index in [4.69, 9.17) is 0 Å². The molecule has 6 heteroatoms. The molecule has 0 aliphatic carbocycles. The van der Waals surface area contributed by atoms with Crippen molar-refractivity contribution in [2.24, 2.45) is 7.05 Å². The Balaban J connectivity index is 1.68. The van der Waals surface area contributed by atoms with Crippen LogP contribution in [0.5, 0.6) is 0 Å². The molecule has 1 aromatic heterocycles. The molecule has 1 aromatic carbocycles. The van der Waals surface area contributed by atoms with Crippen LogP contribution in [0.4, 0.5) is 0 Å². The summed E-state index contributed by atoms with van der Waals surface area (Å²) in [5.74, 6) is 0.114. The van der Waals surface area contributed by atoms with Gasteiger partial charge in [-0.15, -0.1) is 5.10 Å². The van der Waals surface area contributed by atoms with Crippen LogP contribution in [0.2, 0.25) is 0 Å². The molecule has 2 heterocycles. The van der Waals surface area contributed by atoms with Gasteiger partial charge in [-0.1, -0.05) is 11.3 Å². The monoisotopic (exact) mass is 273 g/mol. The molecule has 1 aliphatic rings. The first-order valence-corrected chi connectivity index (χ1v) is 7.03. The Hall–Kier alpha value is -1.95. The molecule has 0 spiro atoms. The Morgan fingerprint density at radius 1 is 1.45 bits per heavy atom. The number of nitrogens with zero attached hydrogens (tertiary/aromatic N) is 3. The van der Waals surface area contributed by atoms with E-state index in [1.165, 1.54) is 0 Å². The SMILES string of the molecule is Cn1nnc2cc(CN[C@@H]3CCCCNC3=O)ccc21. The molecule has 2 aromatic rings. The van der Waals surface area contributed by atoms with Gasteiger partial charge in [-0.25, -0.2) is 4.68 Å². The molecule has 1 fully saturated rings. The molecule has 106 valence electrons. The molecular weight excluding hydrogens is 254 g/mol. The normalized spacial score (nSPS) is 19.9. The summed E-state index contributed by atoms with van der Waals surface area (Å²) in [6, 6.07) is 5.99. The molecular formula is C14H19N5O. The molecule has 6 nitrogen and oxygen atoms in total. The predicted molar refractivity (Wildman–Crippen MR) is 76.0 cm³/mol. The first-order chi connectivity index (χ1) is 9.74. The zero-order valence-corrected chi connectivity index (χ0v) is 11.6. The summed E-state index contributed by atoms with van der Waals surface area (Å²) < 4.78 is 1.76. The summed E-state index contributed by atoms with van der Waals surface area (Å²) in [6.45, 7) is 1.47. The number of benzene rings is 1. The van der Waals surface area contributed by atoms with Crippen molar-refractivity contribution in [1.82, 2.24) is 25.6 Å². The summed E-state index contributed by atoms with van der Waals surface area (Å²) in [7, 11) is 1.88. The molecule has 2 N–H and O–H groups in total. The summed E-state index contributed by atoms with van der Waals surface area (Å²) >= 11 is 0. The van der Waals surface area contributed by atoms with E-state index in [1.807, 2.05) is 25.2 Å². The molecule has 20 heavy (non-hydrogen) atoms. The number of aryl methyl sites for hydroxylation is 1. The van der Waals surface area contributed by atoms with Crippen LogP contribution < -0.4 is 10.6 Å². The Labute approximate surface area is 117 Å². The zero-order valence-electron chi connectivity index (χ0n) is 11.6. The number of nitrogens with one attached hydrogen (secondary N) is 2. The second-order valence-electron chi connectivity index (χ2n) is 5.26. The Morgan fingerprint density at radius 3 is 3.25 bits per heavy atom. The Bertz CT molecular complexity index is 621. The number of carbonyl (C=O) groups is 1. The highest BCUT2D eigenvalue weighted by Gasteiger charge is 2.19. The first kappa shape index (κ1) is 13.1. The van der Waals surface area contributed by atoms with Gasteiger partial charge in [0.15, 0.2) is 0 Å². The maximum atomic E-state index is 11.9. The number of amides is 1. The molecule has 3 rings (SSSR count). The van der Waals surface area contributed by atoms with Crippen LogP contribution in [0.25, 0.3) is 11.0 Å². The van der Waals surface area contributed by atoms with Crippen LogP contribution in [0.3, 0.4) is 0 Å². The lowest BCUT2D eigenvalue weighted by atomic mass is 10.1. The van der Waals surface area contributed by atoms with Gasteiger partial charge in [-0.3, -0.25) is 4.79 Å². The van der Waals surface area contributed by atoms with Gasteiger partial charge >= 0.3 is 0 Å². The van der Waals surface area contributed by atoms with E-state index in [9.17, 15) is 4.79 Å². The van der Waals surface area contributed by atoms with Crippen LogP contribution in [0.1, 0.15) is 24.8 Å². The molecule has 1 atom stereocenters. The van der Waals surface area contributed by atoms with E-state index < -0.39 is 0 Å². The quantitative estimate of drug-likeness (QED) is 0.864. The first-order valence-electron chi connectivity index (χ1n) is 7.03. The molecule has 1 saturated heterocycles. The Kier molecular flexibility index (Phi) is 3.64. The highest BCUT2D eigenvalue weighted by Crippen LogP contribution is 2.13. The second-order valence-corrected chi connectivity index (χ2v) is 5.26. The summed E-state index contributed by atoms with van der Waals surface area (Å²) in [5, 5.41) is 14.4. The van der Waals surface area contributed by atoms with Crippen LogP contribution in [0.15, 0.2) is 18.2 Å². The number of fused-ring (bicyclic) bond motifs is 1. The summed E-state index contributed by atoms with van der Waals surface area (Å²) in [4.78, 5) is 11.9. The average Bonchev–Trinajstić information content (AvgIpc) is 2.69. The third-order valence-corrected chi connectivity index (χ3v) is 3.76. The van der Waals surface area contributed by atoms with Gasteiger partial charge < -0.3 is 10.6 Å². The number of rotatable bonds is 3. The number of carbonyl (C=O) groups excluding carboxylic acids is 1. The van der Waals surface area contributed by atoms with Crippen LogP contribution in [0, 0.1) is 0 Å². The van der Waals surface area contributed by atoms with Gasteiger partial charge in [0, 0.05) is 20.1 Å². The van der Waals surface area contributed by atoms with Gasteiger partial charge in [0.2, 0.25) is 5.91 Å². The Morgan fingerprint density at radius 2 is 2.35 bits per heavy atom. The predicted octanol–water partition coefficient (Wildman–Crippen LogP) is 0.727. The molecule has 1 aliphatic heterocycles. The molecule has 1 amide bonds. The van der Waals surface area contributed by atoms with Crippen molar-refractivity contribution in [1.29, 1.82) is 0 Å². The fourth-order valence-corrected chi connectivity index (χ4v) is 2.57. The third kappa shape index (κ3) is 2.65. The minimum absolute atomic E-state index is 0.0879. The van der Waals surface area contributed by atoms with Crippen molar-refractivity contribution in [3.05, 3.63) is 23.8 Å². The van der Waals surface area contributed by atoms with Crippen molar-refractivity contribution in [2.45, 2.75) is 31.8 Å². The molecule has 0 unspecified atom stereocenters. The van der Waals surface area contributed by atoms with Gasteiger partial charge in [0.25, 0.3) is 0 Å². The molecule has 0 bridgehead atoms. The minimum atomic E-state index is -0.0879. The zero-order chi connectivity index (χ0) is 13.9. The van der Waals surface area contributed by atoms with Crippen molar-refractivity contribution in [3.63, 3.8) is 0 Å². The minimum Gasteiger partial charge on any atom is -0.355 e. The van der Waals surface area contributed by atoms with E-state index in [2.05, 4.69) is 20.9 Å². The van der Waals surface area contributed by atoms with Crippen LogP contribution in [-0.4, -0.2) is 33.5 Å². The third-order valence-electron chi connectivity index (χ3n) is 3.76. The second kappa shape index (κ2) is 5.58. The largest absolute Gasteiger partial charge is 0.355 e. The van der Waals surface area contributed by atoms with Crippen LogP contribution in [-0.2, 0) is 18.4 Å². The smallest absolute Gasteiger partial charge is 0.237 e. The van der Waals surface area contributed by atoms with E-state index in [-0.39, 0.29) is 11.9 Å². The summed E-state index contributed by atoms with van der Waals surface area (Å²) in [5.41, 5.74) is 3.02. The number of aromatic nitrogens is 3. The van der Waals surface area contributed by atoms with E-state index in [0.717, 1.165) is 42.4 Å². The van der Waals surface area contributed by atoms with Crippen molar-refractivity contribution >= 4 is 16.9 Å². The highest BCUT2D eigenvalue weighted by atomic mass is 16.2. The van der Waals surface area contributed by atoms with Gasteiger partial charge in [-0.05, 0) is 37.0 Å². The maximum Gasteiger partial charge on any atom is 0.237 e. The number of hydrogen-bond donors (Lipinski definition) is 2. The fourth-order valence-electron chi connectivity index (χ4n) is 2.57. The van der Waals surface area contributed by atoms with Gasteiger partial charge in [-0.2, -0.15) is 0 Å². The maximum absolute atomic E-state index is 11.9. The lowest BCUT2D eigenvalue weighted by Crippen LogP contribution is -2.42. The average molecular weight is 273 g/mol. The van der Waals surface area contributed by atoms with Gasteiger partial charge in [0.1, 0.15) is 5.52 Å². The lowest BCUT2D eigenvalue weighted by molar-refractivity contribution is -0.122. The van der Waals surface area contributed by atoms with Gasteiger partial charge in [0.05, 0.1) is 11.6 Å². The van der Waals surface area contributed by atoms with E-state index in [1.54, 1.807) is 4.68 Å². The van der Waals surface area contributed by atoms with Crippen molar-refractivity contribution < 1.29 is 4.79 Å². The van der Waals surface area contributed by atoms with E-state index in [0.29, 0.717) is 6.54 Å². The summed E-state index contributed by atoms with van der Waals surface area (Å²) in [6.07, 6.45) is 3.05. The topological polar surface area (TPSA) is 71.8 Å². The van der Waals surface area contributed by atoms with Crippen LogP contribution >= 0.6 is 0 Å². The van der Waals surface area contributed by atoms with Crippen molar-refractivity contribution in [2.75, 3.05) is 6.54 Å². The highest BCUT2D eigenvalue weighted by molar-refractivity contribution is 5.82.